The van der Waals surface area contributed by atoms with Gasteiger partial charge in [0.25, 0.3) is 5.78 Å². The normalized spacial score (nSPS) is 16.0. The van der Waals surface area contributed by atoms with Gasteiger partial charge in [0.15, 0.2) is 5.13 Å². The highest BCUT2D eigenvalue weighted by Gasteiger charge is 2.48. The highest BCUT2D eigenvalue weighted by molar-refractivity contribution is 7.17. The Kier molecular flexibility index (Phi) is 9.36. The van der Waals surface area contributed by atoms with Gasteiger partial charge >= 0.3 is 11.9 Å². The number of aliphatic hydroxyl groups excluding tert-OH is 1. The van der Waals surface area contributed by atoms with Crippen LogP contribution in [0.4, 0.5) is 5.13 Å². The Bertz CT molecular complexity index is 1510. The van der Waals surface area contributed by atoms with Crippen molar-refractivity contribution in [1.29, 1.82) is 0 Å². The zero-order valence-electron chi connectivity index (χ0n) is 22.8. The highest BCUT2D eigenvalue weighted by atomic mass is 32.1. The minimum atomic E-state index is -1.05. The fraction of sp³-hybridized carbons (Fsp3) is 0.226. The Balaban J connectivity index is 1.84. The van der Waals surface area contributed by atoms with Crippen LogP contribution in [0.1, 0.15) is 45.9 Å². The summed E-state index contributed by atoms with van der Waals surface area (Å²) in [6, 6.07) is 12.4. The van der Waals surface area contributed by atoms with Gasteiger partial charge in [-0.3, -0.25) is 14.5 Å². The van der Waals surface area contributed by atoms with E-state index >= 15 is 0 Å². The van der Waals surface area contributed by atoms with Crippen molar-refractivity contribution in [2.75, 3.05) is 24.7 Å². The molecular formula is C31H30N2O7S. The van der Waals surface area contributed by atoms with Gasteiger partial charge in [0.2, 0.25) is 0 Å². The van der Waals surface area contributed by atoms with Crippen molar-refractivity contribution < 1.29 is 33.7 Å². The maximum absolute atomic E-state index is 13.5. The number of Topliss-reactive ketones (excluding diaryl/α,β-unsaturated/α-hetero) is 1. The first kappa shape index (κ1) is 29.3. The van der Waals surface area contributed by atoms with Crippen LogP contribution in [0.2, 0.25) is 0 Å². The summed E-state index contributed by atoms with van der Waals surface area (Å²) in [5.41, 5.74) is 1.05. The lowest BCUT2D eigenvalue weighted by Gasteiger charge is -2.23. The Morgan fingerprint density at radius 2 is 1.80 bits per heavy atom. The second-order valence-corrected chi connectivity index (χ2v) is 9.99. The van der Waals surface area contributed by atoms with Crippen molar-refractivity contribution in [2.24, 2.45) is 0 Å². The van der Waals surface area contributed by atoms with Crippen molar-refractivity contribution >= 4 is 39.9 Å². The van der Waals surface area contributed by atoms with E-state index in [4.69, 9.17) is 14.2 Å². The molecule has 1 saturated heterocycles. The van der Waals surface area contributed by atoms with Gasteiger partial charge in [0.1, 0.15) is 35.3 Å². The number of aryl methyl sites for hydroxylation is 1. The van der Waals surface area contributed by atoms with Crippen LogP contribution in [0.3, 0.4) is 0 Å². The standard InChI is InChI=1S/C31H30N2O7S/c1-5-15-38-22-13-11-20(12-14-22)26(34)24-25(21-9-8-10-23(18-21)39-16-6-2)33(29(36)27(24)35)31-32-19(4)28(41-31)30(37)40-17-7-3/h6-14,18,25,34H,2-3,5,15-17H2,1,4H3/b26-24+. The van der Waals surface area contributed by atoms with Crippen LogP contribution in [0, 0.1) is 6.92 Å². The Hall–Kier alpha value is -4.70. The number of benzene rings is 2. The van der Waals surface area contributed by atoms with Crippen LogP contribution >= 0.6 is 11.3 Å². The van der Waals surface area contributed by atoms with Gasteiger partial charge in [0, 0.05) is 5.56 Å². The number of hydrogen-bond donors (Lipinski definition) is 1. The average Bonchev–Trinajstić information content (AvgIpc) is 3.49. The monoisotopic (exact) mass is 574 g/mol. The number of ether oxygens (including phenoxy) is 3. The summed E-state index contributed by atoms with van der Waals surface area (Å²) in [5, 5.41) is 11.5. The smallest absolute Gasteiger partial charge is 0.350 e. The minimum Gasteiger partial charge on any atom is -0.507 e. The fourth-order valence-corrected chi connectivity index (χ4v) is 5.22. The molecule has 2 heterocycles. The van der Waals surface area contributed by atoms with E-state index in [-0.39, 0.29) is 34.6 Å². The molecule has 0 saturated carbocycles. The van der Waals surface area contributed by atoms with E-state index in [0.29, 0.717) is 34.9 Å². The van der Waals surface area contributed by atoms with E-state index in [2.05, 4.69) is 18.1 Å². The van der Waals surface area contributed by atoms with E-state index in [1.165, 1.54) is 11.0 Å². The number of carbonyl (C=O) groups excluding carboxylic acids is 3. The van der Waals surface area contributed by atoms with Crippen LogP contribution in [-0.4, -0.2) is 47.6 Å². The van der Waals surface area contributed by atoms with Crippen molar-refractivity contribution in [1.82, 2.24) is 4.98 Å². The molecule has 1 amide bonds. The lowest BCUT2D eigenvalue weighted by atomic mass is 9.95. The molecule has 1 aromatic heterocycles. The number of esters is 1. The zero-order chi connectivity index (χ0) is 29.5. The largest absolute Gasteiger partial charge is 0.507 e. The average molecular weight is 575 g/mol. The van der Waals surface area contributed by atoms with Gasteiger partial charge in [-0.05, 0) is 55.3 Å². The quantitative estimate of drug-likeness (QED) is 0.0953. The number of hydrogen-bond acceptors (Lipinski definition) is 9. The molecule has 10 heteroatoms. The molecule has 0 spiro atoms. The zero-order valence-corrected chi connectivity index (χ0v) is 23.6. The Morgan fingerprint density at radius 3 is 2.49 bits per heavy atom. The lowest BCUT2D eigenvalue weighted by molar-refractivity contribution is -0.132. The number of anilines is 1. The van der Waals surface area contributed by atoms with Gasteiger partial charge in [-0.15, -0.1) is 0 Å². The Morgan fingerprint density at radius 1 is 1.07 bits per heavy atom. The molecule has 1 unspecified atom stereocenters. The second-order valence-electron chi connectivity index (χ2n) is 9.01. The van der Waals surface area contributed by atoms with E-state index in [1.54, 1.807) is 61.5 Å². The van der Waals surface area contributed by atoms with Gasteiger partial charge in [-0.1, -0.05) is 55.7 Å². The van der Waals surface area contributed by atoms with Crippen molar-refractivity contribution in [3.63, 3.8) is 0 Å². The summed E-state index contributed by atoms with van der Waals surface area (Å²) >= 11 is 0.924. The first-order valence-electron chi connectivity index (χ1n) is 12.9. The molecule has 212 valence electrons. The highest BCUT2D eigenvalue weighted by Crippen LogP contribution is 2.44. The number of aliphatic hydroxyl groups is 1. The summed E-state index contributed by atoms with van der Waals surface area (Å²) in [7, 11) is 0. The number of ketones is 1. The van der Waals surface area contributed by atoms with E-state index < -0.39 is 23.7 Å². The maximum Gasteiger partial charge on any atom is 0.350 e. The van der Waals surface area contributed by atoms with Gasteiger partial charge in [-0.25, -0.2) is 9.78 Å². The molecule has 1 aliphatic rings. The molecular weight excluding hydrogens is 544 g/mol. The minimum absolute atomic E-state index is 0.00972. The lowest BCUT2D eigenvalue weighted by Crippen LogP contribution is -2.29. The first-order valence-corrected chi connectivity index (χ1v) is 13.8. The third-order valence-corrected chi connectivity index (χ3v) is 7.23. The molecule has 1 fully saturated rings. The fourth-order valence-electron chi connectivity index (χ4n) is 4.23. The molecule has 1 aliphatic heterocycles. The number of amides is 1. The summed E-state index contributed by atoms with van der Waals surface area (Å²) in [6.45, 7) is 11.6. The molecule has 0 bridgehead atoms. The van der Waals surface area contributed by atoms with Crippen LogP contribution in [0.5, 0.6) is 11.5 Å². The molecule has 9 nitrogen and oxygen atoms in total. The van der Waals surface area contributed by atoms with Crippen LogP contribution in [-0.2, 0) is 14.3 Å². The molecule has 0 radical (unpaired) electrons. The van der Waals surface area contributed by atoms with Crippen LogP contribution < -0.4 is 14.4 Å². The number of nitrogens with zero attached hydrogens (tertiary/aromatic N) is 2. The summed E-state index contributed by atoms with van der Waals surface area (Å²) < 4.78 is 16.5. The van der Waals surface area contributed by atoms with Crippen molar-refractivity contribution in [3.8, 4) is 11.5 Å². The maximum atomic E-state index is 13.5. The van der Waals surface area contributed by atoms with Crippen molar-refractivity contribution in [2.45, 2.75) is 26.3 Å². The topological polar surface area (TPSA) is 115 Å². The van der Waals surface area contributed by atoms with E-state index in [9.17, 15) is 19.5 Å². The third kappa shape index (κ3) is 6.22. The molecule has 41 heavy (non-hydrogen) atoms. The number of thiazole rings is 1. The predicted octanol–water partition coefficient (Wildman–Crippen LogP) is 5.77. The molecule has 1 N–H and O–H groups in total. The Labute approximate surface area is 242 Å². The van der Waals surface area contributed by atoms with Gasteiger partial charge < -0.3 is 19.3 Å². The van der Waals surface area contributed by atoms with Crippen molar-refractivity contribution in [3.05, 3.63) is 101 Å². The third-order valence-electron chi connectivity index (χ3n) is 6.10. The summed E-state index contributed by atoms with van der Waals surface area (Å²) in [4.78, 5) is 45.5. The predicted molar refractivity (Wildman–Crippen MR) is 156 cm³/mol. The molecule has 2 aromatic carbocycles. The molecule has 3 aromatic rings. The number of aromatic nitrogens is 1. The van der Waals surface area contributed by atoms with Gasteiger partial charge in [-0.2, -0.15) is 0 Å². The van der Waals surface area contributed by atoms with Crippen LogP contribution in [0.25, 0.3) is 5.76 Å². The van der Waals surface area contributed by atoms with Crippen LogP contribution in [0.15, 0.2) is 79.4 Å². The summed E-state index contributed by atoms with van der Waals surface area (Å²) in [6.07, 6.45) is 3.88. The number of carbonyl (C=O) groups is 3. The number of rotatable bonds is 12. The summed E-state index contributed by atoms with van der Waals surface area (Å²) in [5.74, 6) is -1.66. The molecule has 4 rings (SSSR count). The first-order chi connectivity index (χ1) is 19.8. The molecule has 1 atom stereocenters. The second kappa shape index (κ2) is 13.1. The van der Waals surface area contributed by atoms with E-state index in [1.807, 2.05) is 6.92 Å². The van der Waals surface area contributed by atoms with Gasteiger partial charge in [0.05, 0.1) is 23.9 Å². The molecule has 0 aliphatic carbocycles. The van der Waals surface area contributed by atoms with E-state index in [0.717, 1.165) is 17.8 Å². The SMILES string of the molecule is C=CCOC(=O)c1sc(N2C(=O)C(=O)/C(=C(/O)c3ccc(OCCC)cc3)C2c2cccc(OCC=C)c2)nc1C.